The fraction of sp³-hybridized carbons (Fsp3) is 0.630. The lowest BCUT2D eigenvalue weighted by molar-refractivity contribution is -0.124. The van der Waals surface area contributed by atoms with Gasteiger partial charge in [0.15, 0.2) is 6.17 Å². The standard InChI is InChI=1S/C27H38N6O3/c1-2-16-33-17-14-27(19-28,15-18-33)32-25(34)24(29-20-10-6-4-3-5-7-11-20)30-23-21-12-8-9-13-22(21)36-26(35)31-23/h8-9,12-13,20,24,29H,2-7,10-11,14-18H2,1H3,(H,32,34)(H,30,31,35). The number of likely N-dealkylation sites (tertiary alicyclic amines) is 1. The smallest absolute Gasteiger partial charge is 0.408 e. The van der Waals surface area contributed by atoms with Gasteiger partial charge in [0.25, 0.3) is 5.91 Å². The van der Waals surface area contributed by atoms with Crippen molar-refractivity contribution in [2.24, 2.45) is 0 Å². The number of hydrogen-bond donors (Lipinski definition) is 3. The summed E-state index contributed by atoms with van der Waals surface area (Å²) < 4.78 is 5.23. The van der Waals surface area contributed by atoms with Crippen LogP contribution in [0.25, 0.3) is 11.0 Å². The zero-order valence-electron chi connectivity index (χ0n) is 21.2. The number of benzene rings is 1. The van der Waals surface area contributed by atoms with Crippen LogP contribution >= 0.6 is 0 Å². The van der Waals surface area contributed by atoms with Crippen LogP contribution in [-0.2, 0) is 4.79 Å². The second-order valence-electron chi connectivity index (χ2n) is 10.1. The number of amides is 1. The fourth-order valence-corrected chi connectivity index (χ4v) is 5.36. The largest absolute Gasteiger partial charge is 0.441 e. The lowest BCUT2D eigenvalue weighted by Gasteiger charge is -2.38. The molecule has 1 aliphatic carbocycles. The van der Waals surface area contributed by atoms with Crippen LogP contribution in [0.15, 0.2) is 33.5 Å². The summed E-state index contributed by atoms with van der Waals surface area (Å²) in [6.45, 7) is 4.70. The number of piperidine rings is 1. The third-order valence-corrected chi connectivity index (χ3v) is 7.42. The molecule has 2 heterocycles. The lowest BCUT2D eigenvalue weighted by atomic mass is 9.88. The first-order chi connectivity index (χ1) is 17.5. The Kier molecular flexibility index (Phi) is 8.94. The molecular formula is C27H38N6O3. The second kappa shape index (κ2) is 12.3. The zero-order chi connectivity index (χ0) is 25.4. The van der Waals surface area contributed by atoms with E-state index in [1.807, 2.05) is 6.07 Å². The van der Waals surface area contributed by atoms with Crippen molar-refractivity contribution < 1.29 is 9.21 Å². The monoisotopic (exact) mass is 494 g/mol. The first kappa shape index (κ1) is 26.1. The molecule has 1 amide bonds. The van der Waals surface area contributed by atoms with Crippen LogP contribution in [0.4, 0.5) is 5.82 Å². The number of nitrogens with zero attached hydrogens (tertiary/aromatic N) is 3. The molecule has 3 N–H and O–H groups in total. The van der Waals surface area contributed by atoms with Gasteiger partial charge in [0, 0.05) is 19.1 Å². The number of nitrogens with one attached hydrogen (secondary N) is 3. The molecule has 1 aromatic heterocycles. The summed E-state index contributed by atoms with van der Waals surface area (Å²) in [5.74, 6) is -0.733. The highest BCUT2D eigenvalue weighted by molar-refractivity contribution is 5.91. The molecule has 0 radical (unpaired) electrons. The van der Waals surface area contributed by atoms with Gasteiger partial charge in [0.2, 0.25) is 0 Å². The van der Waals surface area contributed by atoms with E-state index in [9.17, 15) is 14.9 Å². The predicted molar refractivity (Wildman–Crippen MR) is 139 cm³/mol. The maximum Gasteiger partial charge on any atom is 0.441 e. The van der Waals surface area contributed by atoms with Crippen molar-refractivity contribution in [3.63, 3.8) is 0 Å². The Bertz CT molecular complexity index is 1110. The van der Waals surface area contributed by atoms with Gasteiger partial charge in [-0.15, -0.1) is 0 Å². The summed E-state index contributed by atoms with van der Waals surface area (Å²) in [7, 11) is 0. The van der Waals surface area contributed by atoms with Gasteiger partial charge in [-0.25, -0.2) is 4.79 Å². The SMILES string of the molecule is CCCN1CCC(C#N)(NC(=O)C(Nc2nc(=O)oc3ccccc23)NC2CCCCCCC2)CC1. The van der Waals surface area contributed by atoms with Gasteiger partial charge < -0.3 is 20.0 Å². The lowest BCUT2D eigenvalue weighted by Crippen LogP contribution is -2.61. The van der Waals surface area contributed by atoms with E-state index in [2.05, 4.69) is 38.8 Å². The Morgan fingerprint density at radius 2 is 1.89 bits per heavy atom. The van der Waals surface area contributed by atoms with Crippen molar-refractivity contribution in [1.29, 1.82) is 5.26 Å². The maximum absolute atomic E-state index is 13.7. The normalized spacial score (nSPS) is 20.1. The number of aromatic nitrogens is 1. The van der Waals surface area contributed by atoms with E-state index >= 15 is 0 Å². The zero-order valence-corrected chi connectivity index (χ0v) is 21.2. The highest BCUT2D eigenvalue weighted by atomic mass is 16.4. The van der Waals surface area contributed by atoms with Crippen LogP contribution in [0.5, 0.6) is 0 Å². The van der Waals surface area contributed by atoms with Crippen molar-refractivity contribution in [3.8, 4) is 6.07 Å². The molecule has 9 heteroatoms. The van der Waals surface area contributed by atoms with Gasteiger partial charge in [-0.2, -0.15) is 10.2 Å². The molecule has 1 aliphatic heterocycles. The third kappa shape index (κ3) is 6.62. The van der Waals surface area contributed by atoms with Crippen LogP contribution in [0.2, 0.25) is 0 Å². The number of anilines is 1. The Balaban J connectivity index is 1.56. The van der Waals surface area contributed by atoms with Crippen molar-refractivity contribution in [2.75, 3.05) is 25.0 Å². The molecule has 0 spiro atoms. The average Bonchev–Trinajstić information content (AvgIpc) is 2.86. The second-order valence-corrected chi connectivity index (χ2v) is 10.1. The van der Waals surface area contributed by atoms with E-state index in [1.165, 1.54) is 19.3 Å². The number of hydrogen-bond acceptors (Lipinski definition) is 8. The fourth-order valence-electron chi connectivity index (χ4n) is 5.36. The minimum absolute atomic E-state index is 0.157. The number of nitriles is 1. The molecule has 2 aliphatic rings. The molecule has 4 rings (SSSR count). The number of carbonyl (C=O) groups excluding carboxylic acids is 1. The van der Waals surface area contributed by atoms with Crippen molar-refractivity contribution in [1.82, 2.24) is 20.5 Å². The first-order valence-electron chi connectivity index (χ1n) is 13.4. The summed E-state index contributed by atoms with van der Waals surface area (Å²) >= 11 is 0. The number of rotatable bonds is 8. The predicted octanol–water partition coefficient (Wildman–Crippen LogP) is 3.51. The van der Waals surface area contributed by atoms with Crippen molar-refractivity contribution >= 4 is 22.7 Å². The molecule has 0 bridgehead atoms. The third-order valence-electron chi connectivity index (χ3n) is 7.42. The van der Waals surface area contributed by atoms with Gasteiger partial charge in [-0.1, -0.05) is 51.2 Å². The molecule has 36 heavy (non-hydrogen) atoms. The molecule has 1 aromatic carbocycles. The molecular weight excluding hydrogens is 456 g/mol. The summed E-state index contributed by atoms with van der Waals surface area (Å²) in [6, 6.07) is 9.68. The van der Waals surface area contributed by atoms with E-state index in [0.29, 0.717) is 29.6 Å². The van der Waals surface area contributed by atoms with Gasteiger partial charge in [-0.05, 0) is 50.8 Å². The van der Waals surface area contributed by atoms with Crippen LogP contribution < -0.4 is 21.7 Å². The molecule has 1 saturated carbocycles. The Labute approximate surface area is 212 Å². The highest BCUT2D eigenvalue weighted by Gasteiger charge is 2.38. The van der Waals surface area contributed by atoms with Gasteiger partial charge in [-0.3, -0.25) is 10.1 Å². The van der Waals surface area contributed by atoms with Gasteiger partial charge in [0.05, 0.1) is 11.5 Å². The quantitative estimate of drug-likeness (QED) is 0.477. The molecule has 2 fully saturated rings. The van der Waals surface area contributed by atoms with E-state index in [0.717, 1.165) is 51.7 Å². The maximum atomic E-state index is 13.7. The molecule has 1 unspecified atom stereocenters. The topological polar surface area (TPSA) is 123 Å². The minimum Gasteiger partial charge on any atom is -0.408 e. The Morgan fingerprint density at radius 3 is 2.58 bits per heavy atom. The Hall–Kier alpha value is -2.96. The molecule has 2 aromatic rings. The summed E-state index contributed by atoms with van der Waals surface area (Å²) in [5, 5.41) is 20.4. The molecule has 1 atom stereocenters. The summed E-state index contributed by atoms with van der Waals surface area (Å²) in [4.78, 5) is 32.2. The van der Waals surface area contributed by atoms with Crippen LogP contribution in [0.3, 0.4) is 0 Å². The van der Waals surface area contributed by atoms with E-state index in [1.54, 1.807) is 18.2 Å². The number of para-hydroxylation sites is 1. The summed E-state index contributed by atoms with van der Waals surface area (Å²) in [6.07, 6.45) is 9.21. The van der Waals surface area contributed by atoms with Crippen LogP contribution in [0.1, 0.15) is 71.1 Å². The number of fused-ring (bicyclic) bond motifs is 1. The molecule has 1 saturated heterocycles. The number of carbonyl (C=O) groups is 1. The first-order valence-corrected chi connectivity index (χ1v) is 13.4. The minimum atomic E-state index is -0.908. The van der Waals surface area contributed by atoms with Gasteiger partial charge >= 0.3 is 5.76 Å². The van der Waals surface area contributed by atoms with E-state index < -0.39 is 17.5 Å². The van der Waals surface area contributed by atoms with Crippen LogP contribution in [0, 0.1) is 11.3 Å². The highest BCUT2D eigenvalue weighted by Crippen LogP contribution is 2.24. The van der Waals surface area contributed by atoms with E-state index in [-0.39, 0.29) is 11.9 Å². The van der Waals surface area contributed by atoms with Gasteiger partial charge in [0.1, 0.15) is 16.9 Å². The van der Waals surface area contributed by atoms with Crippen LogP contribution in [-0.4, -0.2) is 53.2 Å². The molecule has 9 nitrogen and oxygen atoms in total. The average molecular weight is 495 g/mol. The summed E-state index contributed by atoms with van der Waals surface area (Å²) in [5.41, 5.74) is -0.503. The van der Waals surface area contributed by atoms with Crippen molar-refractivity contribution in [2.45, 2.75) is 88.9 Å². The molecule has 194 valence electrons. The van der Waals surface area contributed by atoms with Crippen molar-refractivity contribution in [3.05, 3.63) is 34.8 Å². The van der Waals surface area contributed by atoms with E-state index in [4.69, 9.17) is 4.42 Å². The Morgan fingerprint density at radius 1 is 1.19 bits per heavy atom.